The number of Topliss-reactive ketones (excluding diaryl/α,β-unsaturated/α-hetero) is 1. The van der Waals surface area contributed by atoms with Crippen LogP contribution in [0.5, 0.6) is 11.6 Å². The van der Waals surface area contributed by atoms with Crippen molar-refractivity contribution in [2.24, 2.45) is 0 Å². The van der Waals surface area contributed by atoms with Crippen LogP contribution < -0.4 is 15.8 Å². The minimum atomic E-state index is -0.247. The molecular formula is C18H19N3O2. The average molecular weight is 309 g/mol. The number of carbonyl (C=O) groups excluding carboxylic acids is 1. The van der Waals surface area contributed by atoms with Gasteiger partial charge < -0.3 is 15.8 Å². The molecule has 1 unspecified atom stereocenters. The van der Waals surface area contributed by atoms with Crippen molar-refractivity contribution in [1.29, 1.82) is 0 Å². The maximum Gasteiger partial charge on any atom is 0.226 e. The van der Waals surface area contributed by atoms with Crippen molar-refractivity contribution in [3.8, 4) is 11.6 Å². The number of ether oxygens (including phenoxy) is 1. The summed E-state index contributed by atoms with van der Waals surface area (Å²) in [6, 6.07) is 10.8. The molecule has 0 amide bonds. The van der Waals surface area contributed by atoms with E-state index in [0.717, 1.165) is 24.1 Å². The van der Waals surface area contributed by atoms with Crippen LogP contribution in [0.4, 0.5) is 5.69 Å². The summed E-state index contributed by atoms with van der Waals surface area (Å²) in [6.45, 7) is 2.35. The number of nitrogens with one attached hydrogen (secondary N) is 1. The highest BCUT2D eigenvalue weighted by Crippen LogP contribution is 2.31. The normalized spacial score (nSPS) is 17.4. The van der Waals surface area contributed by atoms with Crippen molar-refractivity contribution in [3.05, 3.63) is 54.2 Å². The van der Waals surface area contributed by atoms with Crippen molar-refractivity contribution in [2.45, 2.75) is 19.4 Å². The van der Waals surface area contributed by atoms with E-state index in [1.807, 2.05) is 30.3 Å². The van der Waals surface area contributed by atoms with Gasteiger partial charge in [-0.15, -0.1) is 0 Å². The highest BCUT2D eigenvalue weighted by molar-refractivity contribution is 5.87. The molecule has 0 bridgehead atoms. The molecule has 0 saturated heterocycles. The van der Waals surface area contributed by atoms with Crippen LogP contribution in [0.25, 0.3) is 5.57 Å². The van der Waals surface area contributed by atoms with E-state index in [1.54, 1.807) is 25.3 Å². The number of anilines is 1. The van der Waals surface area contributed by atoms with Crippen molar-refractivity contribution >= 4 is 17.0 Å². The largest absolute Gasteiger partial charge is 0.438 e. The minimum Gasteiger partial charge on any atom is -0.438 e. The SMILES string of the molecule is CC(=O)C1C=C(c2cccnc2Oc2ccc(N)cc2)CCN1. The van der Waals surface area contributed by atoms with Crippen LogP contribution in [0.2, 0.25) is 0 Å². The fourth-order valence-corrected chi connectivity index (χ4v) is 2.56. The zero-order valence-electron chi connectivity index (χ0n) is 13.0. The number of ketones is 1. The zero-order valence-corrected chi connectivity index (χ0v) is 13.0. The monoisotopic (exact) mass is 309 g/mol. The van der Waals surface area contributed by atoms with E-state index >= 15 is 0 Å². The summed E-state index contributed by atoms with van der Waals surface area (Å²) in [5.41, 5.74) is 8.36. The van der Waals surface area contributed by atoms with Crippen LogP contribution in [-0.4, -0.2) is 23.4 Å². The van der Waals surface area contributed by atoms with E-state index in [9.17, 15) is 4.79 Å². The zero-order chi connectivity index (χ0) is 16.2. The number of rotatable bonds is 4. The standard InChI is InChI=1S/C18H19N3O2/c1-12(22)17-11-13(8-10-20-17)16-3-2-9-21-18(16)23-15-6-4-14(19)5-7-15/h2-7,9,11,17,20H,8,10,19H2,1H3. The third-order valence-corrected chi connectivity index (χ3v) is 3.78. The Balaban J connectivity index is 1.91. The number of aromatic nitrogens is 1. The molecule has 1 aromatic heterocycles. The number of nitrogens with two attached hydrogens (primary N) is 1. The van der Waals surface area contributed by atoms with Gasteiger partial charge in [0.05, 0.1) is 6.04 Å². The Bertz CT molecular complexity index is 738. The summed E-state index contributed by atoms with van der Waals surface area (Å²) in [5.74, 6) is 1.32. The first-order chi connectivity index (χ1) is 11.1. The molecular weight excluding hydrogens is 290 g/mol. The fraction of sp³-hybridized carbons (Fsp3) is 0.222. The summed E-state index contributed by atoms with van der Waals surface area (Å²) < 4.78 is 5.90. The summed E-state index contributed by atoms with van der Waals surface area (Å²) >= 11 is 0. The Morgan fingerprint density at radius 3 is 2.83 bits per heavy atom. The van der Waals surface area contributed by atoms with Gasteiger partial charge >= 0.3 is 0 Å². The van der Waals surface area contributed by atoms with Crippen molar-refractivity contribution in [2.75, 3.05) is 12.3 Å². The number of hydrogen-bond donors (Lipinski definition) is 2. The summed E-state index contributed by atoms with van der Waals surface area (Å²) in [4.78, 5) is 16.0. The Hall–Kier alpha value is -2.66. The first-order valence-electron chi connectivity index (χ1n) is 7.57. The summed E-state index contributed by atoms with van der Waals surface area (Å²) in [5, 5.41) is 3.19. The predicted molar refractivity (Wildman–Crippen MR) is 90.2 cm³/mol. The third-order valence-electron chi connectivity index (χ3n) is 3.78. The van der Waals surface area contributed by atoms with E-state index in [1.165, 1.54) is 0 Å². The number of carbonyl (C=O) groups is 1. The number of nitrogens with zero attached hydrogens (tertiary/aromatic N) is 1. The highest BCUT2D eigenvalue weighted by Gasteiger charge is 2.20. The molecule has 1 aromatic carbocycles. The van der Waals surface area contributed by atoms with Gasteiger partial charge in [-0.25, -0.2) is 4.98 Å². The van der Waals surface area contributed by atoms with Crippen LogP contribution in [0.1, 0.15) is 18.9 Å². The number of nitrogen functional groups attached to an aromatic ring is 1. The predicted octanol–water partition coefficient (Wildman–Crippen LogP) is 2.79. The maximum absolute atomic E-state index is 11.6. The second kappa shape index (κ2) is 6.62. The molecule has 1 aliphatic rings. The molecule has 5 heteroatoms. The average Bonchev–Trinajstić information content (AvgIpc) is 2.57. The van der Waals surface area contributed by atoms with Gasteiger partial charge in [0.15, 0.2) is 5.78 Å². The van der Waals surface area contributed by atoms with Gasteiger partial charge in [-0.05, 0) is 55.3 Å². The molecule has 23 heavy (non-hydrogen) atoms. The van der Waals surface area contributed by atoms with E-state index in [0.29, 0.717) is 17.3 Å². The van der Waals surface area contributed by atoms with Crippen molar-refractivity contribution < 1.29 is 9.53 Å². The minimum absolute atomic E-state index is 0.104. The van der Waals surface area contributed by atoms with Gasteiger partial charge in [-0.3, -0.25) is 4.79 Å². The van der Waals surface area contributed by atoms with Gasteiger partial charge in [-0.1, -0.05) is 6.08 Å². The lowest BCUT2D eigenvalue weighted by Gasteiger charge is -2.22. The number of benzene rings is 1. The molecule has 5 nitrogen and oxygen atoms in total. The molecule has 1 atom stereocenters. The molecule has 0 fully saturated rings. The molecule has 0 saturated carbocycles. The molecule has 3 rings (SSSR count). The Morgan fingerprint density at radius 1 is 1.30 bits per heavy atom. The fourth-order valence-electron chi connectivity index (χ4n) is 2.56. The number of pyridine rings is 1. The van der Waals surface area contributed by atoms with Gasteiger partial charge in [0.1, 0.15) is 5.75 Å². The molecule has 3 N–H and O–H groups in total. The van der Waals surface area contributed by atoms with Crippen LogP contribution in [0.3, 0.4) is 0 Å². The molecule has 0 radical (unpaired) electrons. The van der Waals surface area contributed by atoms with Gasteiger partial charge in [0.2, 0.25) is 5.88 Å². The lowest BCUT2D eigenvalue weighted by Crippen LogP contribution is -2.37. The van der Waals surface area contributed by atoms with E-state index in [-0.39, 0.29) is 11.8 Å². The lowest BCUT2D eigenvalue weighted by atomic mass is 9.96. The Kier molecular flexibility index (Phi) is 4.39. The highest BCUT2D eigenvalue weighted by atomic mass is 16.5. The number of hydrogen-bond acceptors (Lipinski definition) is 5. The van der Waals surface area contributed by atoms with Gasteiger partial charge in [-0.2, -0.15) is 0 Å². The second-order valence-corrected chi connectivity index (χ2v) is 5.51. The van der Waals surface area contributed by atoms with E-state index < -0.39 is 0 Å². The van der Waals surface area contributed by atoms with Gasteiger partial charge in [0, 0.05) is 24.0 Å². The molecule has 0 spiro atoms. The molecule has 0 aliphatic carbocycles. The summed E-state index contributed by atoms with van der Waals surface area (Å²) in [7, 11) is 0. The van der Waals surface area contributed by atoms with Gasteiger partial charge in [0.25, 0.3) is 0 Å². The smallest absolute Gasteiger partial charge is 0.226 e. The van der Waals surface area contributed by atoms with Crippen LogP contribution in [0, 0.1) is 0 Å². The molecule has 1 aliphatic heterocycles. The molecule has 2 aromatic rings. The first kappa shape index (κ1) is 15.2. The molecule has 2 heterocycles. The van der Waals surface area contributed by atoms with E-state index in [4.69, 9.17) is 10.5 Å². The Labute approximate surface area is 135 Å². The maximum atomic E-state index is 11.6. The second-order valence-electron chi connectivity index (χ2n) is 5.51. The summed E-state index contributed by atoms with van der Waals surface area (Å²) in [6.07, 6.45) is 4.48. The van der Waals surface area contributed by atoms with Crippen LogP contribution in [-0.2, 0) is 4.79 Å². The topological polar surface area (TPSA) is 77.2 Å². The van der Waals surface area contributed by atoms with E-state index in [2.05, 4.69) is 10.3 Å². The Morgan fingerprint density at radius 2 is 2.09 bits per heavy atom. The van der Waals surface area contributed by atoms with Crippen molar-refractivity contribution in [1.82, 2.24) is 10.3 Å². The third kappa shape index (κ3) is 3.57. The lowest BCUT2D eigenvalue weighted by molar-refractivity contribution is -0.117. The van der Waals surface area contributed by atoms with Crippen molar-refractivity contribution in [3.63, 3.8) is 0 Å². The molecule has 118 valence electrons. The quantitative estimate of drug-likeness (QED) is 0.849. The van der Waals surface area contributed by atoms with Crippen LogP contribution in [0.15, 0.2) is 48.7 Å². The van der Waals surface area contributed by atoms with Crippen LogP contribution >= 0.6 is 0 Å². The first-order valence-corrected chi connectivity index (χ1v) is 7.57.